The lowest BCUT2D eigenvalue weighted by Crippen LogP contribution is -3.00. The number of anilines is 2. The predicted molar refractivity (Wildman–Crippen MR) is 174 cm³/mol. The molecule has 0 spiro atoms. The zero-order valence-corrected chi connectivity index (χ0v) is 28.8. The first-order chi connectivity index (χ1) is 19.8. The van der Waals surface area contributed by atoms with Gasteiger partial charge in [0, 0.05) is 61.6 Å². The molecule has 0 aliphatic rings. The summed E-state index contributed by atoms with van der Waals surface area (Å²) in [6.45, 7) is 9.03. The second kappa shape index (κ2) is 29.5. The van der Waals surface area contributed by atoms with Crippen LogP contribution in [0.3, 0.4) is 0 Å². The van der Waals surface area contributed by atoms with Crippen molar-refractivity contribution in [3.05, 3.63) is 49.1 Å². The van der Waals surface area contributed by atoms with Gasteiger partial charge in [-0.1, -0.05) is 104 Å². The highest BCUT2D eigenvalue weighted by Crippen LogP contribution is 2.12. The standard InChI is InChI=1S/C36H62N4.2ClH/c1-3-5-7-15-19-27-37-35-23-31-39(32-24-35)29-21-17-13-11-9-10-12-14-18-22-30-40-33-25-36(26-34-40)38-28-20-16-8-6-4-2;;/h23-26,31-34H,3-22,27-30H2,1-2H3;2*1H. The van der Waals surface area contributed by atoms with E-state index in [1.54, 1.807) is 0 Å². The monoisotopic (exact) mass is 622 g/mol. The Bertz CT molecular complexity index is 745. The van der Waals surface area contributed by atoms with Gasteiger partial charge in [0.2, 0.25) is 0 Å². The smallest absolute Gasteiger partial charge is 0.170 e. The maximum absolute atomic E-state index is 3.56. The molecule has 2 aromatic rings. The van der Waals surface area contributed by atoms with Gasteiger partial charge in [-0.3, -0.25) is 0 Å². The molecular weight excluding hydrogens is 559 g/mol. The van der Waals surface area contributed by atoms with Crippen LogP contribution in [-0.2, 0) is 13.1 Å². The van der Waals surface area contributed by atoms with Gasteiger partial charge < -0.3 is 35.4 Å². The quantitative estimate of drug-likeness (QED) is 0.118. The molecule has 0 atom stereocenters. The summed E-state index contributed by atoms with van der Waals surface area (Å²) in [7, 11) is 0. The van der Waals surface area contributed by atoms with Crippen LogP contribution >= 0.6 is 0 Å². The minimum Gasteiger partial charge on any atom is -1.00 e. The molecular formula is C36H64Cl2N4. The first kappa shape index (κ1) is 40.5. The molecule has 2 heterocycles. The van der Waals surface area contributed by atoms with Crippen molar-refractivity contribution in [3.63, 3.8) is 0 Å². The van der Waals surface area contributed by atoms with Gasteiger partial charge in [-0.05, 0) is 25.7 Å². The average Bonchev–Trinajstić information content (AvgIpc) is 2.98. The number of rotatable bonds is 27. The highest BCUT2D eigenvalue weighted by molar-refractivity contribution is 5.40. The van der Waals surface area contributed by atoms with Crippen LogP contribution in [0.15, 0.2) is 49.1 Å². The largest absolute Gasteiger partial charge is 1.00 e. The molecule has 0 amide bonds. The maximum atomic E-state index is 3.56. The van der Waals surface area contributed by atoms with Gasteiger partial charge in [-0.25, -0.2) is 9.13 Å². The molecule has 2 rings (SSSR count). The lowest BCUT2D eigenvalue weighted by Gasteiger charge is -2.06. The van der Waals surface area contributed by atoms with E-state index in [0.717, 1.165) is 26.2 Å². The van der Waals surface area contributed by atoms with E-state index < -0.39 is 0 Å². The molecule has 0 aliphatic carbocycles. The summed E-state index contributed by atoms with van der Waals surface area (Å²) in [4.78, 5) is 0. The highest BCUT2D eigenvalue weighted by Gasteiger charge is 2.03. The molecule has 0 aliphatic heterocycles. The van der Waals surface area contributed by atoms with E-state index in [1.807, 2.05) is 0 Å². The Hall–Kier alpha value is -1.52. The van der Waals surface area contributed by atoms with Crippen molar-refractivity contribution in [1.29, 1.82) is 0 Å². The van der Waals surface area contributed by atoms with E-state index in [1.165, 1.54) is 140 Å². The summed E-state index contributed by atoms with van der Waals surface area (Å²) in [5, 5.41) is 7.13. The summed E-state index contributed by atoms with van der Waals surface area (Å²) in [5.41, 5.74) is 2.52. The molecule has 242 valence electrons. The number of aryl methyl sites for hydroxylation is 2. The first-order valence-corrected chi connectivity index (χ1v) is 17.3. The van der Waals surface area contributed by atoms with E-state index >= 15 is 0 Å². The molecule has 0 bridgehead atoms. The number of aromatic nitrogens is 2. The van der Waals surface area contributed by atoms with Crippen molar-refractivity contribution in [3.8, 4) is 0 Å². The van der Waals surface area contributed by atoms with Crippen molar-refractivity contribution in [2.45, 2.75) is 155 Å². The molecule has 4 nitrogen and oxygen atoms in total. The number of nitrogens with one attached hydrogen (secondary N) is 2. The van der Waals surface area contributed by atoms with Crippen LogP contribution < -0.4 is 44.6 Å². The van der Waals surface area contributed by atoms with Crippen molar-refractivity contribution in [2.75, 3.05) is 23.7 Å². The van der Waals surface area contributed by atoms with Gasteiger partial charge >= 0.3 is 0 Å². The summed E-state index contributed by atoms with van der Waals surface area (Å²) >= 11 is 0. The Morgan fingerprint density at radius 2 is 0.690 bits per heavy atom. The van der Waals surface area contributed by atoms with Crippen LogP contribution in [-0.4, -0.2) is 13.1 Å². The van der Waals surface area contributed by atoms with Gasteiger partial charge in [0.25, 0.3) is 0 Å². The lowest BCUT2D eigenvalue weighted by molar-refractivity contribution is -0.697. The topological polar surface area (TPSA) is 31.8 Å². The van der Waals surface area contributed by atoms with Crippen molar-refractivity contribution in [1.82, 2.24) is 0 Å². The molecule has 0 saturated heterocycles. The normalized spacial score (nSPS) is 10.6. The number of halogens is 2. The molecule has 0 unspecified atom stereocenters. The fourth-order valence-electron chi connectivity index (χ4n) is 5.37. The Morgan fingerprint density at radius 1 is 0.405 bits per heavy atom. The minimum absolute atomic E-state index is 0. The molecule has 0 fully saturated rings. The third-order valence-corrected chi connectivity index (χ3v) is 8.08. The zero-order valence-electron chi connectivity index (χ0n) is 27.2. The van der Waals surface area contributed by atoms with E-state index in [4.69, 9.17) is 0 Å². The minimum atomic E-state index is 0. The third-order valence-electron chi connectivity index (χ3n) is 8.08. The average molecular weight is 624 g/mol. The lowest BCUT2D eigenvalue weighted by atomic mass is 10.1. The number of hydrogen-bond acceptors (Lipinski definition) is 2. The van der Waals surface area contributed by atoms with E-state index in [9.17, 15) is 0 Å². The number of hydrogen-bond donors (Lipinski definition) is 2. The van der Waals surface area contributed by atoms with Crippen LogP contribution in [0.2, 0.25) is 0 Å². The first-order valence-electron chi connectivity index (χ1n) is 17.3. The fraction of sp³-hybridized carbons (Fsp3) is 0.722. The summed E-state index contributed by atoms with van der Waals surface area (Å²) in [5.74, 6) is 0. The van der Waals surface area contributed by atoms with E-state index in [2.05, 4.69) is 82.7 Å². The number of pyridine rings is 2. The molecule has 6 heteroatoms. The van der Waals surface area contributed by atoms with Crippen molar-refractivity contribution >= 4 is 11.4 Å². The van der Waals surface area contributed by atoms with Crippen molar-refractivity contribution in [2.24, 2.45) is 0 Å². The molecule has 0 saturated carbocycles. The Kier molecular flexibility index (Phi) is 28.5. The Labute approximate surface area is 272 Å². The van der Waals surface area contributed by atoms with Crippen LogP contribution in [0.25, 0.3) is 0 Å². The second-order valence-electron chi connectivity index (χ2n) is 11.9. The molecule has 2 aromatic heterocycles. The van der Waals surface area contributed by atoms with Gasteiger partial charge in [-0.2, -0.15) is 0 Å². The molecule has 2 N–H and O–H groups in total. The van der Waals surface area contributed by atoms with Crippen LogP contribution in [0.4, 0.5) is 11.4 Å². The SMILES string of the molecule is CCCCCCCNc1cc[n+](CCCCCCCCCCCC[n+]2ccc(NCCCCCCC)cc2)cc1.[Cl-].[Cl-]. The second-order valence-corrected chi connectivity index (χ2v) is 11.9. The predicted octanol–water partition coefficient (Wildman–Crippen LogP) is 3.64. The van der Waals surface area contributed by atoms with E-state index in [-0.39, 0.29) is 24.8 Å². The molecule has 0 aromatic carbocycles. The highest BCUT2D eigenvalue weighted by atomic mass is 35.5. The van der Waals surface area contributed by atoms with Crippen LogP contribution in [0, 0.1) is 0 Å². The van der Waals surface area contributed by atoms with Gasteiger partial charge in [0.1, 0.15) is 13.1 Å². The number of unbranched alkanes of at least 4 members (excludes halogenated alkanes) is 17. The van der Waals surface area contributed by atoms with Gasteiger partial charge in [0.05, 0.1) is 0 Å². The molecule has 42 heavy (non-hydrogen) atoms. The summed E-state index contributed by atoms with van der Waals surface area (Å²) in [6.07, 6.45) is 36.0. The Morgan fingerprint density at radius 3 is 1.02 bits per heavy atom. The summed E-state index contributed by atoms with van der Waals surface area (Å²) < 4.78 is 4.68. The Balaban J connectivity index is 0.00000840. The van der Waals surface area contributed by atoms with E-state index in [0.29, 0.717) is 0 Å². The molecule has 0 radical (unpaired) electrons. The maximum Gasteiger partial charge on any atom is 0.170 e. The van der Waals surface area contributed by atoms with Crippen molar-refractivity contribution < 1.29 is 33.9 Å². The number of nitrogens with zero attached hydrogens (tertiary/aromatic N) is 2. The van der Waals surface area contributed by atoms with Gasteiger partial charge in [0.15, 0.2) is 24.8 Å². The third kappa shape index (κ3) is 22.1. The van der Waals surface area contributed by atoms with Crippen LogP contribution in [0.1, 0.15) is 142 Å². The zero-order chi connectivity index (χ0) is 28.4. The van der Waals surface area contributed by atoms with Gasteiger partial charge in [-0.15, -0.1) is 0 Å². The fourth-order valence-corrected chi connectivity index (χ4v) is 5.37. The van der Waals surface area contributed by atoms with Crippen LogP contribution in [0.5, 0.6) is 0 Å². The summed E-state index contributed by atoms with van der Waals surface area (Å²) in [6, 6.07) is 8.93.